The summed E-state index contributed by atoms with van der Waals surface area (Å²) in [5.41, 5.74) is 2.40. The van der Waals surface area contributed by atoms with Crippen molar-refractivity contribution in [2.24, 2.45) is 12.5 Å². The maximum Gasteiger partial charge on any atom is 0.253 e. The molecule has 118 valence electrons. The number of aryl methyl sites for hydroxylation is 1. The average molecular weight is 301 g/mol. The SMILES string of the molecule is CCC1(CO)CCCN(C(=O)c2ccc3c(c2)ncn3C)C1. The summed E-state index contributed by atoms with van der Waals surface area (Å²) < 4.78 is 1.94. The molecular weight excluding hydrogens is 278 g/mol. The molecule has 1 aromatic carbocycles. The van der Waals surface area contributed by atoms with Crippen molar-refractivity contribution in [2.75, 3.05) is 19.7 Å². The van der Waals surface area contributed by atoms with Crippen molar-refractivity contribution in [3.05, 3.63) is 30.1 Å². The zero-order valence-electron chi connectivity index (χ0n) is 13.2. The quantitative estimate of drug-likeness (QED) is 0.945. The number of amides is 1. The van der Waals surface area contributed by atoms with Crippen molar-refractivity contribution in [2.45, 2.75) is 26.2 Å². The summed E-state index contributed by atoms with van der Waals surface area (Å²) in [5.74, 6) is 0.0403. The van der Waals surface area contributed by atoms with Gasteiger partial charge in [-0.2, -0.15) is 0 Å². The molecule has 5 nitrogen and oxygen atoms in total. The standard InChI is InChI=1S/C17H23N3O2/c1-3-17(11-21)7-4-8-20(10-17)16(22)13-5-6-15-14(9-13)18-12-19(15)2/h5-6,9,12,21H,3-4,7-8,10-11H2,1-2H3. The number of imidazole rings is 1. The van der Waals surface area contributed by atoms with Crippen molar-refractivity contribution in [3.8, 4) is 0 Å². The lowest BCUT2D eigenvalue weighted by Gasteiger charge is -2.41. The van der Waals surface area contributed by atoms with Gasteiger partial charge in [0.1, 0.15) is 0 Å². The van der Waals surface area contributed by atoms with Crippen molar-refractivity contribution in [3.63, 3.8) is 0 Å². The fraction of sp³-hybridized carbons (Fsp3) is 0.529. The van der Waals surface area contributed by atoms with Gasteiger partial charge >= 0.3 is 0 Å². The number of aliphatic hydroxyl groups excluding tert-OH is 1. The van der Waals surface area contributed by atoms with Crippen LogP contribution >= 0.6 is 0 Å². The van der Waals surface area contributed by atoms with E-state index in [0.29, 0.717) is 12.1 Å². The average Bonchev–Trinajstić information content (AvgIpc) is 2.94. The highest BCUT2D eigenvalue weighted by Gasteiger charge is 2.35. The molecule has 1 amide bonds. The Morgan fingerprint density at radius 3 is 3.00 bits per heavy atom. The van der Waals surface area contributed by atoms with Crippen LogP contribution in [-0.4, -0.2) is 45.2 Å². The van der Waals surface area contributed by atoms with Crippen LogP contribution in [0.3, 0.4) is 0 Å². The second-order valence-electron chi connectivity index (χ2n) is 6.40. The van der Waals surface area contributed by atoms with Gasteiger partial charge in [-0.05, 0) is 37.5 Å². The van der Waals surface area contributed by atoms with E-state index in [1.165, 1.54) is 0 Å². The molecule has 1 atom stereocenters. The molecule has 1 unspecified atom stereocenters. The highest BCUT2D eigenvalue weighted by molar-refractivity contribution is 5.97. The van der Waals surface area contributed by atoms with Gasteiger partial charge in [0, 0.05) is 31.1 Å². The van der Waals surface area contributed by atoms with Crippen LogP contribution in [-0.2, 0) is 7.05 Å². The fourth-order valence-electron chi connectivity index (χ4n) is 3.36. The van der Waals surface area contributed by atoms with Gasteiger partial charge in [0.15, 0.2) is 0 Å². The normalized spacial score (nSPS) is 22.2. The van der Waals surface area contributed by atoms with Crippen LogP contribution in [0.4, 0.5) is 0 Å². The third kappa shape index (κ3) is 2.50. The molecular formula is C17H23N3O2. The zero-order chi connectivity index (χ0) is 15.7. The number of carbonyl (C=O) groups excluding carboxylic acids is 1. The molecule has 2 aromatic rings. The van der Waals surface area contributed by atoms with Crippen LogP contribution in [0, 0.1) is 5.41 Å². The molecule has 22 heavy (non-hydrogen) atoms. The smallest absolute Gasteiger partial charge is 0.253 e. The van der Waals surface area contributed by atoms with Gasteiger partial charge in [0.25, 0.3) is 5.91 Å². The number of piperidine rings is 1. The molecule has 0 radical (unpaired) electrons. The lowest BCUT2D eigenvalue weighted by molar-refractivity contribution is 0.0252. The third-order valence-corrected chi connectivity index (χ3v) is 5.01. The summed E-state index contributed by atoms with van der Waals surface area (Å²) in [6.45, 7) is 3.64. The van der Waals surface area contributed by atoms with Gasteiger partial charge < -0.3 is 14.6 Å². The van der Waals surface area contributed by atoms with Crippen molar-refractivity contribution in [1.29, 1.82) is 0 Å². The Bertz CT molecular complexity index is 688. The van der Waals surface area contributed by atoms with Crippen LogP contribution in [0.2, 0.25) is 0 Å². The van der Waals surface area contributed by atoms with Crippen molar-refractivity contribution >= 4 is 16.9 Å². The van der Waals surface area contributed by atoms with Crippen LogP contribution in [0.5, 0.6) is 0 Å². The Hall–Kier alpha value is -1.88. The molecule has 1 aliphatic rings. The molecule has 1 fully saturated rings. The van der Waals surface area contributed by atoms with E-state index in [1.54, 1.807) is 6.33 Å². The number of nitrogens with zero attached hydrogens (tertiary/aromatic N) is 3. The molecule has 0 aliphatic carbocycles. The van der Waals surface area contributed by atoms with E-state index in [2.05, 4.69) is 11.9 Å². The first kappa shape index (κ1) is 15.0. The summed E-state index contributed by atoms with van der Waals surface area (Å²) in [7, 11) is 1.94. The predicted octanol–water partition coefficient (Wildman–Crippen LogP) is 2.20. The molecule has 1 saturated heterocycles. The van der Waals surface area contributed by atoms with E-state index < -0.39 is 0 Å². The number of likely N-dealkylation sites (tertiary alicyclic amines) is 1. The summed E-state index contributed by atoms with van der Waals surface area (Å²) in [4.78, 5) is 19.0. The number of hydrogen-bond acceptors (Lipinski definition) is 3. The number of rotatable bonds is 3. The predicted molar refractivity (Wildman–Crippen MR) is 85.7 cm³/mol. The summed E-state index contributed by atoms with van der Waals surface area (Å²) in [6.07, 6.45) is 4.59. The molecule has 2 heterocycles. The molecule has 1 aliphatic heterocycles. The topological polar surface area (TPSA) is 58.4 Å². The van der Waals surface area contributed by atoms with Crippen LogP contribution < -0.4 is 0 Å². The van der Waals surface area contributed by atoms with Gasteiger partial charge in [-0.15, -0.1) is 0 Å². The van der Waals surface area contributed by atoms with Crippen molar-refractivity contribution < 1.29 is 9.90 Å². The zero-order valence-corrected chi connectivity index (χ0v) is 13.2. The minimum atomic E-state index is -0.136. The van der Waals surface area contributed by atoms with Gasteiger partial charge in [0.05, 0.1) is 24.0 Å². The molecule has 1 N–H and O–H groups in total. The second-order valence-corrected chi connectivity index (χ2v) is 6.40. The van der Waals surface area contributed by atoms with Gasteiger partial charge in [-0.25, -0.2) is 4.98 Å². The van der Waals surface area contributed by atoms with E-state index >= 15 is 0 Å². The van der Waals surface area contributed by atoms with Crippen LogP contribution in [0.25, 0.3) is 11.0 Å². The maximum absolute atomic E-state index is 12.8. The lowest BCUT2D eigenvalue weighted by Crippen LogP contribution is -2.47. The number of aliphatic hydroxyl groups is 1. The second kappa shape index (κ2) is 5.72. The van der Waals surface area contributed by atoms with Crippen LogP contribution in [0.1, 0.15) is 36.5 Å². The van der Waals surface area contributed by atoms with Gasteiger partial charge in [-0.1, -0.05) is 6.92 Å². The number of benzene rings is 1. The van der Waals surface area contributed by atoms with E-state index in [0.717, 1.165) is 36.8 Å². The molecule has 1 aromatic heterocycles. The third-order valence-electron chi connectivity index (χ3n) is 5.01. The number of carbonyl (C=O) groups is 1. The molecule has 0 bridgehead atoms. The summed E-state index contributed by atoms with van der Waals surface area (Å²) >= 11 is 0. The number of fused-ring (bicyclic) bond motifs is 1. The first-order chi connectivity index (χ1) is 10.6. The number of hydrogen-bond donors (Lipinski definition) is 1. The van der Waals surface area contributed by atoms with Crippen LogP contribution in [0.15, 0.2) is 24.5 Å². The molecule has 0 saturated carbocycles. The summed E-state index contributed by atoms with van der Waals surface area (Å²) in [6, 6.07) is 5.67. The molecule has 5 heteroatoms. The monoisotopic (exact) mass is 301 g/mol. The first-order valence-electron chi connectivity index (χ1n) is 7.90. The van der Waals surface area contributed by atoms with Gasteiger partial charge in [-0.3, -0.25) is 4.79 Å². The van der Waals surface area contributed by atoms with E-state index in [4.69, 9.17) is 0 Å². The fourth-order valence-corrected chi connectivity index (χ4v) is 3.36. The Labute approximate surface area is 130 Å². The van der Waals surface area contributed by atoms with E-state index in [9.17, 15) is 9.90 Å². The highest BCUT2D eigenvalue weighted by atomic mass is 16.3. The number of aromatic nitrogens is 2. The Balaban J connectivity index is 1.85. The van der Waals surface area contributed by atoms with Gasteiger partial charge in [0.2, 0.25) is 0 Å². The molecule has 0 spiro atoms. The lowest BCUT2D eigenvalue weighted by atomic mass is 9.78. The van der Waals surface area contributed by atoms with E-state index in [1.807, 2.05) is 34.7 Å². The Morgan fingerprint density at radius 1 is 1.45 bits per heavy atom. The summed E-state index contributed by atoms with van der Waals surface area (Å²) in [5, 5.41) is 9.71. The minimum Gasteiger partial charge on any atom is -0.396 e. The Morgan fingerprint density at radius 2 is 2.27 bits per heavy atom. The largest absolute Gasteiger partial charge is 0.396 e. The highest BCUT2D eigenvalue weighted by Crippen LogP contribution is 2.33. The first-order valence-corrected chi connectivity index (χ1v) is 7.90. The maximum atomic E-state index is 12.8. The van der Waals surface area contributed by atoms with E-state index in [-0.39, 0.29) is 17.9 Å². The molecule has 3 rings (SSSR count). The Kier molecular flexibility index (Phi) is 3.91. The minimum absolute atomic E-state index is 0.0403. The van der Waals surface area contributed by atoms with Crippen molar-refractivity contribution in [1.82, 2.24) is 14.5 Å².